The summed E-state index contributed by atoms with van der Waals surface area (Å²) >= 11 is 0. The molecule has 0 aliphatic rings. The van der Waals surface area contributed by atoms with Crippen LogP contribution in [-0.4, -0.2) is 5.54 Å². The van der Waals surface area contributed by atoms with E-state index in [0.717, 1.165) is 17.8 Å². The highest BCUT2D eigenvalue weighted by molar-refractivity contribution is 5.52. The Morgan fingerprint density at radius 2 is 1.77 bits per heavy atom. The molecular weight excluding hydrogens is 160 g/mol. The summed E-state index contributed by atoms with van der Waals surface area (Å²) < 4.78 is 0. The Balaban J connectivity index is 2.69. The van der Waals surface area contributed by atoms with Gasteiger partial charge >= 0.3 is 0 Å². The lowest BCUT2D eigenvalue weighted by atomic mass is 10.0. The minimum Gasteiger partial charge on any atom is -0.399 e. The zero-order chi connectivity index (χ0) is 9.90. The monoisotopic (exact) mass is 178 g/mol. The van der Waals surface area contributed by atoms with Crippen LogP contribution in [0.15, 0.2) is 24.3 Å². The van der Waals surface area contributed by atoms with Crippen LogP contribution in [0.2, 0.25) is 0 Å². The zero-order valence-corrected chi connectivity index (χ0v) is 8.59. The lowest BCUT2D eigenvalue weighted by Crippen LogP contribution is -2.29. The van der Waals surface area contributed by atoms with E-state index in [9.17, 15) is 0 Å². The predicted molar refractivity (Wildman–Crippen MR) is 58.8 cm³/mol. The van der Waals surface area contributed by atoms with E-state index < -0.39 is 0 Å². The van der Waals surface area contributed by atoms with Gasteiger partial charge in [0.15, 0.2) is 0 Å². The maximum absolute atomic E-state index is 5.60. The van der Waals surface area contributed by atoms with E-state index in [1.165, 1.54) is 0 Å². The number of nitrogens with one attached hydrogen (secondary N) is 1. The molecule has 0 heterocycles. The molecule has 0 radical (unpaired) electrons. The molecule has 0 aliphatic carbocycles. The molecule has 72 valence electrons. The maximum Gasteiger partial charge on any atom is 0.0345 e. The molecule has 0 aliphatic heterocycles. The van der Waals surface area contributed by atoms with Gasteiger partial charge in [0.1, 0.15) is 0 Å². The summed E-state index contributed by atoms with van der Waals surface area (Å²) in [6, 6.07) is 7.83. The SMILES string of the molecule is CCC(C)(C)Nc1ccc(N)cc1. The van der Waals surface area contributed by atoms with Gasteiger partial charge in [-0.3, -0.25) is 0 Å². The van der Waals surface area contributed by atoms with Crippen molar-refractivity contribution in [3.63, 3.8) is 0 Å². The van der Waals surface area contributed by atoms with Crippen LogP contribution >= 0.6 is 0 Å². The molecule has 13 heavy (non-hydrogen) atoms. The molecule has 0 atom stereocenters. The molecular formula is C11H18N2. The summed E-state index contributed by atoms with van der Waals surface area (Å²) in [4.78, 5) is 0. The van der Waals surface area contributed by atoms with E-state index in [-0.39, 0.29) is 5.54 Å². The summed E-state index contributed by atoms with van der Waals surface area (Å²) in [7, 11) is 0. The number of nitrogens with two attached hydrogens (primary N) is 1. The highest BCUT2D eigenvalue weighted by Gasteiger charge is 2.13. The predicted octanol–water partition coefficient (Wildman–Crippen LogP) is 2.87. The van der Waals surface area contributed by atoms with Crippen molar-refractivity contribution in [2.45, 2.75) is 32.7 Å². The van der Waals surface area contributed by atoms with Crippen LogP contribution in [0.5, 0.6) is 0 Å². The van der Waals surface area contributed by atoms with Gasteiger partial charge in [0.05, 0.1) is 0 Å². The van der Waals surface area contributed by atoms with Crippen molar-refractivity contribution in [3.8, 4) is 0 Å². The molecule has 0 amide bonds. The van der Waals surface area contributed by atoms with Crippen molar-refractivity contribution >= 4 is 11.4 Å². The summed E-state index contributed by atoms with van der Waals surface area (Å²) in [5.41, 5.74) is 7.68. The molecule has 0 aromatic heterocycles. The molecule has 1 rings (SSSR count). The average molecular weight is 178 g/mol. The van der Waals surface area contributed by atoms with Gasteiger partial charge in [-0.25, -0.2) is 0 Å². The molecule has 0 bridgehead atoms. The second-order valence-electron chi connectivity index (χ2n) is 3.98. The van der Waals surface area contributed by atoms with Crippen LogP contribution < -0.4 is 11.1 Å². The first-order valence-electron chi connectivity index (χ1n) is 4.67. The van der Waals surface area contributed by atoms with Gasteiger partial charge in [-0.05, 0) is 44.5 Å². The minimum atomic E-state index is 0.149. The van der Waals surface area contributed by atoms with Gasteiger partial charge in [-0.1, -0.05) is 6.92 Å². The van der Waals surface area contributed by atoms with Crippen molar-refractivity contribution in [2.24, 2.45) is 0 Å². The topological polar surface area (TPSA) is 38.0 Å². The quantitative estimate of drug-likeness (QED) is 0.698. The van der Waals surface area contributed by atoms with Crippen LogP contribution in [0.25, 0.3) is 0 Å². The summed E-state index contributed by atoms with van der Waals surface area (Å²) in [5, 5.41) is 3.44. The molecule has 0 unspecified atom stereocenters. The first-order chi connectivity index (χ1) is 6.03. The standard InChI is InChI=1S/C11H18N2/c1-4-11(2,3)13-10-7-5-9(12)6-8-10/h5-8,13H,4,12H2,1-3H3. The smallest absolute Gasteiger partial charge is 0.0345 e. The first kappa shape index (κ1) is 9.90. The Hall–Kier alpha value is -1.18. The van der Waals surface area contributed by atoms with Crippen LogP contribution in [-0.2, 0) is 0 Å². The highest BCUT2D eigenvalue weighted by atomic mass is 15.0. The Morgan fingerprint density at radius 3 is 2.23 bits per heavy atom. The Morgan fingerprint density at radius 1 is 1.23 bits per heavy atom. The van der Waals surface area contributed by atoms with Gasteiger partial charge in [-0.15, -0.1) is 0 Å². The normalized spacial score (nSPS) is 11.3. The van der Waals surface area contributed by atoms with E-state index in [1.54, 1.807) is 0 Å². The lowest BCUT2D eigenvalue weighted by Gasteiger charge is -2.25. The van der Waals surface area contributed by atoms with E-state index in [1.807, 2.05) is 24.3 Å². The number of hydrogen-bond acceptors (Lipinski definition) is 2. The fourth-order valence-corrected chi connectivity index (χ4v) is 1.05. The number of nitrogen functional groups attached to an aromatic ring is 1. The molecule has 0 fully saturated rings. The third kappa shape index (κ3) is 2.98. The molecule has 2 nitrogen and oxygen atoms in total. The van der Waals surface area contributed by atoms with Gasteiger partial charge in [0, 0.05) is 16.9 Å². The lowest BCUT2D eigenvalue weighted by molar-refractivity contribution is 0.547. The average Bonchev–Trinajstić information content (AvgIpc) is 2.09. The molecule has 1 aromatic carbocycles. The highest BCUT2D eigenvalue weighted by Crippen LogP contribution is 2.18. The van der Waals surface area contributed by atoms with Gasteiger partial charge in [0.25, 0.3) is 0 Å². The summed E-state index contributed by atoms with van der Waals surface area (Å²) in [6.45, 7) is 6.54. The minimum absolute atomic E-state index is 0.149. The van der Waals surface area contributed by atoms with E-state index in [4.69, 9.17) is 5.73 Å². The molecule has 0 saturated heterocycles. The van der Waals surface area contributed by atoms with E-state index in [0.29, 0.717) is 0 Å². The van der Waals surface area contributed by atoms with E-state index in [2.05, 4.69) is 26.1 Å². The van der Waals surface area contributed by atoms with Gasteiger partial charge in [0.2, 0.25) is 0 Å². The number of anilines is 2. The van der Waals surface area contributed by atoms with E-state index >= 15 is 0 Å². The van der Waals surface area contributed by atoms with Crippen molar-refractivity contribution in [1.82, 2.24) is 0 Å². The molecule has 2 heteroatoms. The third-order valence-electron chi connectivity index (χ3n) is 2.28. The molecule has 0 spiro atoms. The van der Waals surface area contributed by atoms with Crippen LogP contribution in [0.1, 0.15) is 27.2 Å². The Bertz CT molecular complexity index is 262. The fraction of sp³-hybridized carbons (Fsp3) is 0.455. The Kier molecular flexibility index (Phi) is 2.81. The second-order valence-corrected chi connectivity index (χ2v) is 3.98. The van der Waals surface area contributed by atoms with Gasteiger partial charge in [-0.2, -0.15) is 0 Å². The number of rotatable bonds is 3. The van der Waals surface area contributed by atoms with Crippen LogP contribution in [0.4, 0.5) is 11.4 Å². The fourth-order valence-electron chi connectivity index (χ4n) is 1.05. The summed E-state index contributed by atoms with van der Waals surface area (Å²) in [5.74, 6) is 0. The molecule has 0 saturated carbocycles. The Labute approximate surface area is 80.1 Å². The van der Waals surface area contributed by atoms with Crippen molar-refractivity contribution < 1.29 is 0 Å². The van der Waals surface area contributed by atoms with Crippen molar-refractivity contribution in [1.29, 1.82) is 0 Å². The van der Waals surface area contributed by atoms with Crippen LogP contribution in [0, 0.1) is 0 Å². The largest absolute Gasteiger partial charge is 0.399 e. The van der Waals surface area contributed by atoms with Crippen molar-refractivity contribution in [3.05, 3.63) is 24.3 Å². The molecule has 1 aromatic rings. The number of hydrogen-bond donors (Lipinski definition) is 2. The van der Waals surface area contributed by atoms with Gasteiger partial charge < -0.3 is 11.1 Å². The number of benzene rings is 1. The van der Waals surface area contributed by atoms with Crippen LogP contribution in [0.3, 0.4) is 0 Å². The maximum atomic E-state index is 5.60. The third-order valence-corrected chi connectivity index (χ3v) is 2.28. The van der Waals surface area contributed by atoms with Crippen molar-refractivity contribution in [2.75, 3.05) is 11.1 Å². The zero-order valence-electron chi connectivity index (χ0n) is 8.59. The summed E-state index contributed by atoms with van der Waals surface area (Å²) in [6.07, 6.45) is 1.09. The first-order valence-corrected chi connectivity index (χ1v) is 4.67. The second kappa shape index (κ2) is 3.69. The molecule has 3 N–H and O–H groups in total.